The van der Waals surface area contributed by atoms with Gasteiger partial charge in [0.2, 0.25) is 0 Å². The second kappa shape index (κ2) is 6.63. The number of nitrogens with zero attached hydrogens (tertiary/aromatic N) is 3. The first-order valence-electron chi connectivity index (χ1n) is 8.67. The lowest BCUT2D eigenvalue weighted by atomic mass is 9.90. The molecule has 3 unspecified atom stereocenters. The SMILES string of the molecule is CC1CN(c2ccnc(C(=O)N3CCC(C)(C(=O)O)C3)c2)CC(C)O1. The van der Waals surface area contributed by atoms with Gasteiger partial charge in [-0.3, -0.25) is 14.6 Å². The van der Waals surface area contributed by atoms with E-state index in [4.69, 9.17) is 4.74 Å². The first-order valence-corrected chi connectivity index (χ1v) is 8.67. The highest BCUT2D eigenvalue weighted by molar-refractivity contribution is 5.94. The van der Waals surface area contributed by atoms with Crippen LogP contribution in [0.5, 0.6) is 0 Å². The van der Waals surface area contributed by atoms with Gasteiger partial charge in [0.25, 0.3) is 5.91 Å². The number of carboxylic acids is 1. The van der Waals surface area contributed by atoms with Crippen LogP contribution in [0.25, 0.3) is 0 Å². The van der Waals surface area contributed by atoms with Crippen LogP contribution in [-0.4, -0.2) is 65.3 Å². The van der Waals surface area contributed by atoms with Crippen LogP contribution in [0.4, 0.5) is 5.69 Å². The maximum atomic E-state index is 12.7. The number of rotatable bonds is 3. The number of anilines is 1. The Morgan fingerprint density at radius 1 is 1.32 bits per heavy atom. The summed E-state index contributed by atoms with van der Waals surface area (Å²) < 4.78 is 5.75. The van der Waals surface area contributed by atoms with Crippen molar-refractivity contribution in [1.29, 1.82) is 0 Å². The summed E-state index contributed by atoms with van der Waals surface area (Å²) in [6, 6.07) is 3.69. The molecule has 1 N–H and O–H groups in total. The van der Waals surface area contributed by atoms with E-state index in [-0.39, 0.29) is 24.7 Å². The minimum Gasteiger partial charge on any atom is -0.481 e. The molecule has 0 radical (unpaired) electrons. The molecule has 1 aromatic heterocycles. The van der Waals surface area contributed by atoms with E-state index in [1.807, 2.05) is 19.9 Å². The second-order valence-corrected chi connectivity index (χ2v) is 7.40. The number of carbonyl (C=O) groups is 2. The number of morpholine rings is 1. The van der Waals surface area contributed by atoms with E-state index in [1.165, 1.54) is 0 Å². The lowest BCUT2D eigenvalue weighted by Gasteiger charge is -2.36. The maximum absolute atomic E-state index is 12.7. The van der Waals surface area contributed by atoms with Gasteiger partial charge in [0.15, 0.2) is 0 Å². The largest absolute Gasteiger partial charge is 0.481 e. The van der Waals surface area contributed by atoms with Gasteiger partial charge in [0.1, 0.15) is 5.69 Å². The number of hydrogen-bond acceptors (Lipinski definition) is 5. The molecule has 2 fully saturated rings. The Balaban J connectivity index is 1.75. The third kappa shape index (κ3) is 3.61. The van der Waals surface area contributed by atoms with Crippen LogP contribution >= 0.6 is 0 Å². The summed E-state index contributed by atoms with van der Waals surface area (Å²) in [5, 5.41) is 9.33. The second-order valence-electron chi connectivity index (χ2n) is 7.40. The molecule has 0 aliphatic carbocycles. The van der Waals surface area contributed by atoms with E-state index >= 15 is 0 Å². The van der Waals surface area contributed by atoms with E-state index in [1.54, 1.807) is 24.1 Å². The Hall–Kier alpha value is -2.15. The third-order valence-electron chi connectivity index (χ3n) is 5.02. The molecule has 3 atom stereocenters. The summed E-state index contributed by atoms with van der Waals surface area (Å²) >= 11 is 0. The molecule has 2 aliphatic rings. The lowest BCUT2D eigenvalue weighted by Crippen LogP contribution is -2.45. The van der Waals surface area contributed by atoms with Crippen molar-refractivity contribution in [1.82, 2.24) is 9.88 Å². The highest BCUT2D eigenvalue weighted by atomic mass is 16.5. The fourth-order valence-corrected chi connectivity index (χ4v) is 3.59. The summed E-state index contributed by atoms with van der Waals surface area (Å²) in [5.74, 6) is -1.07. The average molecular weight is 347 g/mol. The van der Waals surface area contributed by atoms with Gasteiger partial charge < -0.3 is 19.6 Å². The number of amides is 1. The number of aliphatic carboxylic acids is 1. The standard InChI is InChI=1S/C18H25N3O4/c1-12-9-21(10-13(2)25-12)14-4-6-19-15(8-14)16(22)20-7-5-18(3,11-20)17(23)24/h4,6,8,12-13H,5,7,9-11H2,1-3H3,(H,23,24). The zero-order chi connectivity index (χ0) is 18.2. The Labute approximate surface area is 147 Å². The van der Waals surface area contributed by atoms with Crippen molar-refractivity contribution in [2.45, 2.75) is 39.4 Å². The number of aromatic nitrogens is 1. The van der Waals surface area contributed by atoms with Crippen molar-refractivity contribution >= 4 is 17.6 Å². The van der Waals surface area contributed by atoms with Gasteiger partial charge in [0.05, 0.1) is 17.6 Å². The predicted octanol–water partition coefficient (Wildman–Crippen LogP) is 1.63. The van der Waals surface area contributed by atoms with Gasteiger partial charge in [-0.05, 0) is 39.3 Å². The van der Waals surface area contributed by atoms with E-state index in [0.717, 1.165) is 18.8 Å². The molecular weight excluding hydrogens is 322 g/mol. The summed E-state index contributed by atoms with van der Waals surface area (Å²) in [6.45, 7) is 7.95. The number of carbonyl (C=O) groups excluding carboxylic acids is 1. The Kier molecular flexibility index (Phi) is 4.69. The van der Waals surface area contributed by atoms with Crippen LogP contribution in [0.15, 0.2) is 18.3 Å². The monoisotopic (exact) mass is 347 g/mol. The molecule has 25 heavy (non-hydrogen) atoms. The normalized spacial score (nSPS) is 29.7. The van der Waals surface area contributed by atoms with Crippen molar-refractivity contribution in [3.8, 4) is 0 Å². The Bertz CT molecular complexity index is 670. The highest BCUT2D eigenvalue weighted by Crippen LogP contribution is 2.31. The van der Waals surface area contributed by atoms with Crippen molar-refractivity contribution in [2.24, 2.45) is 5.41 Å². The maximum Gasteiger partial charge on any atom is 0.311 e. The molecular formula is C18H25N3O4. The van der Waals surface area contributed by atoms with Gasteiger partial charge in [-0.15, -0.1) is 0 Å². The summed E-state index contributed by atoms with van der Waals surface area (Å²) in [4.78, 5) is 32.1. The van der Waals surface area contributed by atoms with E-state index in [0.29, 0.717) is 18.7 Å². The molecule has 0 aromatic carbocycles. The number of carboxylic acid groups (broad SMARTS) is 1. The van der Waals surface area contributed by atoms with E-state index in [2.05, 4.69) is 9.88 Å². The number of ether oxygens (including phenoxy) is 1. The van der Waals surface area contributed by atoms with Gasteiger partial charge in [-0.1, -0.05) is 0 Å². The van der Waals surface area contributed by atoms with Crippen molar-refractivity contribution in [3.05, 3.63) is 24.0 Å². The topological polar surface area (TPSA) is 83.0 Å². The van der Waals surface area contributed by atoms with E-state index in [9.17, 15) is 14.7 Å². The number of pyridine rings is 1. The first kappa shape index (κ1) is 17.7. The van der Waals surface area contributed by atoms with Crippen LogP contribution in [0.1, 0.15) is 37.7 Å². The molecule has 3 rings (SSSR count). The van der Waals surface area contributed by atoms with Gasteiger partial charge in [0, 0.05) is 38.1 Å². The van der Waals surface area contributed by atoms with Crippen LogP contribution in [0, 0.1) is 5.41 Å². The molecule has 7 nitrogen and oxygen atoms in total. The number of likely N-dealkylation sites (tertiary alicyclic amines) is 1. The molecule has 3 heterocycles. The Morgan fingerprint density at radius 3 is 2.60 bits per heavy atom. The average Bonchev–Trinajstić information content (AvgIpc) is 2.97. The molecule has 0 spiro atoms. The molecule has 0 bridgehead atoms. The molecule has 2 aliphatic heterocycles. The zero-order valence-corrected chi connectivity index (χ0v) is 14.9. The number of hydrogen-bond donors (Lipinski definition) is 1. The molecule has 1 amide bonds. The highest BCUT2D eigenvalue weighted by Gasteiger charge is 2.42. The molecule has 1 aromatic rings. The quantitative estimate of drug-likeness (QED) is 0.895. The van der Waals surface area contributed by atoms with Gasteiger partial charge in [-0.25, -0.2) is 0 Å². The van der Waals surface area contributed by atoms with Crippen molar-refractivity contribution in [3.63, 3.8) is 0 Å². The van der Waals surface area contributed by atoms with Gasteiger partial charge in [-0.2, -0.15) is 0 Å². The smallest absolute Gasteiger partial charge is 0.311 e. The zero-order valence-electron chi connectivity index (χ0n) is 14.9. The minimum absolute atomic E-state index is 0.130. The van der Waals surface area contributed by atoms with Crippen LogP contribution in [-0.2, 0) is 9.53 Å². The summed E-state index contributed by atoms with van der Waals surface area (Å²) in [5.41, 5.74) is 0.432. The fourth-order valence-electron chi connectivity index (χ4n) is 3.59. The van der Waals surface area contributed by atoms with E-state index < -0.39 is 11.4 Å². The molecule has 7 heteroatoms. The summed E-state index contributed by atoms with van der Waals surface area (Å²) in [6.07, 6.45) is 2.36. The first-order chi connectivity index (χ1) is 11.8. The van der Waals surface area contributed by atoms with Crippen LogP contribution in [0.2, 0.25) is 0 Å². The van der Waals surface area contributed by atoms with Crippen molar-refractivity contribution in [2.75, 3.05) is 31.1 Å². The van der Waals surface area contributed by atoms with Gasteiger partial charge >= 0.3 is 5.97 Å². The summed E-state index contributed by atoms with van der Waals surface area (Å²) in [7, 11) is 0. The molecule has 2 saturated heterocycles. The van der Waals surface area contributed by atoms with Crippen molar-refractivity contribution < 1.29 is 19.4 Å². The third-order valence-corrected chi connectivity index (χ3v) is 5.02. The fraction of sp³-hybridized carbons (Fsp3) is 0.611. The van der Waals surface area contributed by atoms with Crippen LogP contribution in [0.3, 0.4) is 0 Å². The Morgan fingerprint density at radius 2 is 2.00 bits per heavy atom. The molecule has 0 saturated carbocycles. The lowest BCUT2D eigenvalue weighted by molar-refractivity contribution is -0.147. The predicted molar refractivity (Wildman–Crippen MR) is 92.7 cm³/mol. The molecule has 136 valence electrons. The van der Waals surface area contributed by atoms with Crippen LogP contribution < -0.4 is 4.90 Å². The minimum atomic E-state index is -0.873.